The van der Waals surface area contributed by atoms with Crippen molar-refractivity contribution in [1.82, 2.24) is 15.1 Å². The van der Waals surface area contributed by atoms with E-state index >= 15 is 0 Å². The van der Waals surface area contributed by atoms with Gasteiger partial charge in [0, 0.05) is 25.2 Å². The van der Waals surface area contributed by atoms with Crippen LogP contribution in [0.15, 0.2) is 0 Å². The third-order valence-corrected chi connectivity index (χ3v) is 5.68. The molecular formula is C19H35N3O2. The molecule has 2 saturated heterocycles. The van der Waals surface area contributed by atoms with Gasteiger partial charge < -0.3 is 10.2 Å². The lowest BCUT2D eigenvalue weighted by atomic mass is 9.93. The van der Waals surface area contributed by atoms with E-state index in [1.54, 1.807) is 0 Å². The second-order valence-corrected chi connectivity index (χ2v) is 8.37. The summed E-state index contributed by atoms with van der Waals surface area (Å²) in [5, 5.41) is 3.09. The van der Waals surface area contributed by atoms with Crippen LogP contribution in [0, 0.1) is 11.8 Å². The number of nitrogens with one attached hydrogen (secondary N) is 1. The summed E-state index contributed by atoms with van der Waals surface area (Å²) >= 11 is 0. The molecule has 1 atom stereocenters. The molecule has 24 heavy (non-hydrogen) atoms. The van der Waals surface area contributed by atoms with Crippen molar-refractivity contribution in [2.75, 3.05) is 32.7 Å². The number of hydrogen-bond donors (Lipinski definition) is 1. The minimum absolute atomic E-state index is 0.0686. The van der Waals surface area contributed by atoms with Crippen molar-refractivity contribution in [1.29, 1.82) is 0 Å². The topological polar surface area (TPSA) is 52.7 Å². The minimum atomic E-state index is -0.160. The molecule has 5 heteroatoms. The number of amides is 2. The molecule has 0 saturated carbocycles. The monoisotopic (exact) mass is 337 g/mol. The van der Waals surface area contributed by atoms with Gasteiger partial charge in [-0.15, -0.1) is 0 Å². The summed E-state index contributed by atoms with van der Waals surface area (Å²) in [5.74, 6) is 1.18. The Labute approximate surface area is 147 Å². The fourth-order valence-electron chi connectivity index (χ4n) is 3.60. The maximum atomic E-state index is 12.8. The molecule has 0 aromatic rings. The number of piperidine rings is 2. The molecule has 2 aliphatic rings. The first-order valence-electron chi connectivity index (χ1n) is 9.63. The summed E-state index contributed by atoms with van der Waals surface area (Å²) in [6, 6.07) is 0. The van der Waals surface area contributed by atoms with E-state index in [1.807, 2.05) is 13.8 Å². The fourth-order valence-corrected chi connectivity index (χ4v) is 3.60. The zero-order chi connectivity index (χ0) is 17.7. The largest absolute Gasteiger partial charge is 0.350 e. The Morgan fingerprint density at radius 1 is 1.12 bits per heavy atom. The van der Waals surface area contributed by atoms with Gasteiger partial charge in [-0.25, -0.2) is 0 Å². The highest BCUT2D eigenvalue weighted by atomic mass is 16.2. The maximum Gasteiger partial charge on any atom is 0.234 e. The zero-order valence-corrected chi connectivity index (χ0v) is 15.9. The van der Waals surface area contributed by atoms with Gasteiger partial charge in [-0.2, -0.15) is 0 Å². The number of likely N-dealkylation sites (tertiary alicyclic amines) is 2. The van der Waals surface area contributed by atoms with E-state index in [0.717, 1.165) is 64.2 Å². The third kappa shape index (κ3) is 5.47. The first-order chi connectivity index (χ1) is 11.3. The Hall–Kier alpha value is -1.10. The second-order valence-electron chi connectivity index (χ2n) is 8.37. The van der Waals surface area contributed by atoms with Crippen LogP contribution in [0.4, 0.5) is 0 Å². The Morgan fingerprint density at radius 3 is 2.42 bits per heavy atom. The highest BCUT2D eigenvalue weighted by Crippen LogP contribution is 2.23. The average molecular weight is 338 g/mol. The summed E-state index contributed by atoms with van der Waals surface area (Å²) in [4.78, 5) is 29.2. The van der Waals surface area contributed by atoms with Crippen LogP contribution in [0.25, 0.3) is 0 Å². The second kappa shape index (κ2) is 8.32. The fraction of sp³-hybridized carbons (Fsp3) is 0.895. The minimum Gasteiger partial charge on any atom is -0.350 e. The molecule has 138 valence electrons. The van der Waals surface area contributed by atoms with Crippen molar-refractivity contribution in [2.24, 2.45) is 11.8 Å². The van der Waals surface area contributed by atoms with Crippen molar-refractivity contribution >= 4 is 11.8 Å². The van der Waals surface area contributed by atoms with Crippen LogP contribution in [-0.2, 0) is 9.59 Å². The third-order valence-electron chi connectivity index (χ3n) is 5.68. The number of carbonyl (C=O) groups is 2. The molecule has 2 amide bonds. The van der Waals surface area contributed by atoms with E-state index in [4.69, 9.17) is 0 Å². The van der Waals surface area contributed by atoms with Gasteiger partial charge in [0.2, 0.25) is 11.8 Å². The van der Waals surface area contributed by atoms with Gasteiger partial charge >= 0.3 is 0 Å². The molecule has 0 spiro atoms. The Morgan fingerprint density at radius 2 is 1.79 bits per heavy atom. The Kier molecular flexibility index (Phi) is 6.67. The number of rotatable bonds is 5. The smallest absolute Gasteiger partial charge is 0.234 e. The summed E-state index contributed by atoms with van der Waals surface area (Å²) in [5.41, 5.74) is -0.160. The van der Waals surface area contributed by atoms with Crippen molar-refractivity contribution in [3.63, 3.8) is 0 Å². The summed E-state index contributed by atoms with van der Waals surface area (Å²) in [7, 11) is 0. The van der Waals surface area contributed by atoms with E-state index in [9.17, 15) is 9.59 Å². The highest BCUT2D eigenvalue weighted by molar-refractivity contribution is 5.80. The molecule has 2 fully saturated rings. The van der Waals surface area contributed by atoms with Crippen molar-refractivity contribution in [3.8, 4) is 0 Å². The van der Waals surface area contributed by atoms with Crippen LogP contribution < -0.4 is 5.32 Å². The van der Waals surface area contributed by atoms with Gasteiger partial charge in [0.25, 0.3) is 0 Å². The zero-order valence-electron chi connectivity index (χ0n) is 15.9. The van der Waals surface area contributed by atoms with E-state index in [-0.39, 0.29) is 17.4 Å². The lowest BCUT2D eigenvalue weighted by Crippen LogP contribution is -2.51. The van der Waals surface area contributed by atoms with Gasteiger partial charge in [-0.3, -0.25) is 14.5 Å². The predicted molar refractivity (Wildman–Crippen MR) is 96.7 cm³/mol. The van der Waals surface area contributed by atoms with Gasteiger partial charge in [-0.1, -0.05) is 13.8 Å². The normalized spacial score (nSPS) is 24.0. The molecule has 0 aromatic carbocycles. The molecule has 0 aromatic heterocycles. The molecule has 0 aliphatic carbocycles. The number of hydrogen-bond acceptors (Lipinski definition) is 3. The van der Waals surface area contributed by atoms with Crippen LogP contribution in [-0.4, -0.2) is 59.9 Å². The SMILES string of the molecule is CCC(C)(C)NC(=O)CN1CCC[C@H](C(=O)N2CCC(C)CC2)C1. The summed E-state index contributed by atoms with van der Waals surface area (Å²) < 4.78 is 0. The lowest BCUT2D eigenvalue weighted by Gasteiger charge is -2.37. The first kappa shape index (κ1) is 19.2. The van der Waals surface area contributed by atoms with Gasteiger partial charge in [-0.05, 0) is 58.4 Å². The standard InChI is InChI=1S/C19H35N3O2/c1-5-19(3,4)20-17(23)14-21-10-6-7-16(13-21)18(24)22-11-8-15(2)9-12-22/h15-16H,5-14H2,1-4H3,(H,20,23)/t16-/m0/s1. The van der Waals surface area contributed by atoms with Crippen LogP contribution in [0.2, 0.25) is 0 Å². The van der Waals surface area contributed by atoms with E-state index in [2.05, 4.69) is 29.0 Å². The van der Waals surface area contributed by atoms with E-state index < -0.39 is 0 Å². The maximum absolute atomic E-state index is 12.8. The Balaban J connectivity index is 1.83. The van der Waals surface area contributed by atoms with Crippen molar-refractivity contribution < 1.29 is 9.59 Å². The summed E-state index contributed by atoms with van der Waals surface area (Å²) in [6.45, 7) is 12.3. The molecule has 5 nitrogen and oxygen atoms in total. The average Bonchev–Trinajstić information content (AvgIpc) is 2.54. The predicted octanol–water partition coefficient (Wildman–Crippen LogP) is 2.26. The molecular weight excluding hydrogens is 302 g/mol. The van der Waals surface area contributed by atoms with Crippen LogP contribution >= 0.6 is 0 Å². The quantitative estimate of drug-likeness (QED) is 0.837. The van der Waals surface area contributed by atoms with E-state index in [0.29, 0.717) is 12.5 Å². The molecule has 1 N–H and O–H groups in total. The molecule has 0 radical (unpaired) electrons. The lowest BCUT2D eigenvalue weighted by molar-refractivity contribution is -0.139. The van der Waals surface area contributed by atoms with Gasteiger partial charge in [0.1, 0.15) is 0 Å². The van der Waals surface area contributed by atoms with Crippen molar-refractivity contribution in [2.45, 2.75) is 65.3 Å². The van der Waals surface area contributed by atoms with Gasteiger partial charge in [0.15, 0.2) is 0 Å². The van der Waals surface area contributed by atoms with Crippen molar-refractivity contribution in [3.05, 3.63) is 0 Å². The Bertz CT molecular complexity index is 442. The summed E-state index contributed by atoms with van der Waals surface area (Å²) in [6.07, 6.45) is 5.12. The number of nitrogens with zero attached hydrogens (tertiary/aromatic N) is 2. The van der Waals surface area contributed by atoms with Crippen LogP contribution in [0.1, 0.15) is 59.8 Å². The first-order valence-corrected chi connectivity index (χ1v) is 9.63. The van der Waals surface area contributed by atoms with Crippen LogP contribution in [0.3, 0.4) is 0 Å². The van der Waals surface area contributed by atoms with E-state index in [1.165, 1.54) is 0 Å². The molecule has 2 aliphatic heterocycles. The molecule has 0 unspecified atom stereocenters. The highest BCUT2D eigenvalue weighted by Gasteiger charge is 2.31. The van der Waals surface area contributed by atoms with Gasteiger partial charge in [0.05, 0.1) is 12.5 Å². The molecule has 0 bridgehead atoms. The molecule has 2 heterocycles. The van der Waals surface area contributed by atoms with Crippen LogP contribution in [0.5, 0.6) is 0 Å². The number of carbonyl (C=O) groups excluding carboxylic acids is 2. The molecule has 2 rings (SSSR count).